The molecule has 1 unspecified atom stereocenters. The lowest BCUT2D eigenvalue weighted by molar-refractivity contribution is -0.136. The molecule has 34 heavy (non-hydrogen) atoms. The van der Waals surface area contributed by atoms with Crippen molar-refractivity contribution in [3.8, 4) is 0 Å². The van der Waals surface area contributed by atoms with Crippen LogP contribution in [0.2, 0.25) is 4.34 Å². The molecule has 4 rings (SSSR count). The monoisotopic (exact) mass is 520 g/mol. The fourth-order valence-corrected chi connectivity index (χ4v) is 5.54. The van der Waals surface area contributed by atoms with Crippen molar-refractivity contribution >= 4 is 51.0 Å². The van der Waals surface area contributed by atoms with Crippen molar-refractivity contribution in [2.24, 2.45) is 0 Å². The number of benzene rings is 1. The first-order valence-electron chi connectivity index (χ1n) is 10.7. The van der Waals surface area contributed by atoms with Crippen molar-refractivity contribution in [3.63, 3.8) is 0 Å². The van der Waals surface area contributed by atoms with E-state index >= 15 is 0 Å². The Kier molecular flexibility index (Phi) is 6.95. The van der Waals surface area contributed by atoms with Gasteiger partial charge >= 0.3 is 5.97 Å². The van der Waals surface area contributed by atoms with Gasteiger partial charge in [-0.1, -0.05) is 61.1 Å². The third-order valence-corrected chi connectivity index (χ3v) is 8.40. The summed E-state index contributed by atoms with van der Waals surface area (Å²) in [7, 11) is 0. The lowest BCUT2D eigenvalue weighted by Crippen LogP contribution is -2.17. The van der Waals surface area contributed by atoms with Crippen LogP contribution in [0.1, 0.15) is 65.5 Å². The molecule has 1 atom stereocenters. The number of amides is 1. The topological polar surface area (TPSA) is 124 Å². The highest BCUT2D eigenvalue weighted by Gasteiger charge is 2.45. The first-order chi connectivity index (χ1) is 16.1. The molecule has 8 nitrogen and oxygen atoms in total. The fraction of sp³-hybridized carbons (Fsp3) is 0.348. The van der Waals surface area contributed by atoms with E-state index in [0.29, 0.717) is 25.1 Å². The van der Waals surface area contributed by atoms with Gasteiger partial charge < -0.3 is 14.2 Å². The Balaban J connectivity index is 1.55. The highest BCUT2D eigenvalue weighted by molar-refractivity contribution is 7.80. The summed E-state index contributed by atoms with van der Waals surface area (Å²) in [6, 6.07) is 9.27. The second-order valence-corrected chi connectivity index (χ2v) is 11.5. The van der Waals surface area contributed by atoms with Gasteiger partial charge in [0.2, 0.25) is 0 Å². The van der Waals surface area contributed by atoms with Crippen LogP contribution >= 0.6 is 22.9 Å². The number of carboxylic acid groups (broad SMARTS) is 1. The van der Waals surface area contributed by atoms with E-state index in [0.717, 1.165) is 28.0 Å². The Labute approximate surface area is 208 Å². The number of aromatic nitrogens is 2. The number of carboxylic acids is 1. The number of hydrogen-bond acceptors (Lipinski definition) is 6. The molecule has 2 heterocycles. The van der Waals surface area contributed by atoms with E-state index in [2.05, 4.69) is 10.3 Å². The number of hydrogen-bond donors (Lipinski definition) is 2. The average Bonchev–Trinajstić information content (AvgIpc) is 3.37. The van der Waals surface area contributed by atoms with Gasteiger partial charge in [0, 0.05) is 12.7 Å². The number of nitrogens with zero attached hydrogens (tertiary/aromatic N) is 2. The Morgan fingerprint density at radius 2 is 2.00 bits per heavy atom. The standard InChI is InChI=1S/C23H24ClN3O5S2/c1-13(2)15-9-18(21(30)26-22-25-17(10-19(28)29)20(24)33-22)27(12-15)11-14-3-5-16(6-4-14)23(7-8-23)34(31)32/h3-6,9,12-13H,7-8,10-11H2,1-2H3,(H,28,29)(H,31,32)(H,25,26,30)/p-1. The van der Waals surface area contributed by atoms with E-state index in [1.807, 2.05) is 54.9 Å². The number of aliphatic carboxylic acids is 1. The van der Waals surface area contributed by atoms with Gasteiger partial charge in [0.15, 0.2) is 5.13 Å². The van der Waals surface area contributed by atoms with E-state index in [4.69, 9.17) is 16.7 Å². The van der Waals surface area contributed by atoms with E-state index in [1.54, 1.807) is 0 Å². The largest absolute Gasteiger partial charge is 0.772 e. The molecule has 1 aromatic carbocycles. The Morgan fingerprint density at radius 3 is 2.56 bits per heavy atom. The van der Waals surface area contributed by atoms with Gasteiger partial charge in [-0.3, -0.25) is 19.1 Å². The third-order valence-electron chi connectivity index (χ3n) is 5.86. The maximum Gasteiger partial charge on any atom is 0.309 e. The van der Waals surface area contributed by atoms with E-state index in [9.17, 15) is 18.4 Å². The van der Waals surface area contributed by atoms with Crippen molar-refractivity contribution in [3.05, 3.63) is 68.9 Å². The molecule has 11 heteroatoms. The van der Waals surface area contributed by atoms with E-state index in [-0.39, 0.29) is 33.4 Å². The third kappa shape index (κ3) is 5.10. The Bertz CT molecular complexity index is 1260. The van der Waals surface area contributed by atoms with Gasteiger partial charge in [-0.2, -0.15) is 0 Å². The zero-order valence-corrected chi connectivity index (χ0v) is 20.9. The SMILES string of the molecule is CC(C)c1cc(C(=O)Nc2nc(CC(=O)O)c(Cl)s2)n(Cc2ccc(C3(S(=O)[O-])CC3)cc2)c1. The van der Waals surface area contributed by atoms with Gasteiger partial charge in [-0.05, 0) is 52.6 Å². The number of nitrogens with one attached hydrogen (secondary N) is 1. The van der Waals surface area contributed by atoms with Crippen LogP contribution in [0.4, 0.5) is 5.13 Å². The molecule has 1 aliphatic carbocycles. The van der Waals surface area contributed by atoms with Crippen molar-refractivity contribution in [1.82, 2.24) is 9.55 Å². The highest BCUT2D eigenvalue weighted by Crippen LogP contribution is 2.50. The van der Waals surface area contributed by atoms with Crippen LogP contribution in [0.3, 0.4) is 0 Å². The predicted molar refractivity (Wildman–Crippen MR) is 130 cm³/mol. The van der Waals surface area contributed by atoms with Crippen molar-refractivity contribution in [2.45, 2.75) is 50.3 Å². The van der Waals surface area contributed by atoms with Gasteiger partial charge in [0.25, 0.3) is 5.91 Å². The van der Waals surface area contributed by atoms with Crippen molar-refractivity contribution in [1.29, 1.82) is 0 Å². The molecule has 1 fully saturated rings. The summed E-state index contributed by atoms with van der Waals surface area (Å²) in [4.78, 5) is 28.2. The maximum atomic E-state index is 13.1. The van der Waals surface area contributed by atoms with E-state index < -0.39 is 21.8 Å². The molecule has 2 N–H and O–H groups in total. The molecule has 0 radical (unpaired) electrons. The van der Waals surface area contributed by atoms with Crippen LogP contribution in [0, 0.1) is 0 Å². The zero-order valence-electron chi connectivity index (χ0n) is 18.5. The van der Waals surface area contributed by atoms with Crippen LogP contribution in [0.5, 0.6) is 0 Å². The molecule has 3 aromatic rings. The molecule has 180 valence electrons. The summed E-state index contributed by atoms with van der Waals surface area (Å²) in [5, 5.41) is 11.9. The fourth-order valence-electron chi connectivity index (χ4n) is 3.75. The minimum absolute atomic E-state index is 0.202. The Hall–Kier alpha value is -2.53. The molecule has 0 bridgehead atoms. The molecular weight excluding hydrogens is 498 g/mol. The second kappa shape index (κ2) is 9.61. The van der Waals surface area contributed by atoms with Gasteiger partial charge in [-0.25, -0.2) is 4.98 Å². The summed E-state index contributed by atoms with van der Waals surface area (Å²) in [6.07, 6.45) is 2.87. The number of halogens is 1. The van der Waals surface area contributed by atoms with Crippen molar-refractivity contribution in [2.75, 3.05) is 5.32 Å². The van der Waals surface area contributed by atoms with E-state index in [1.165, 1.54) is 0 Å². The minimum atomic E-state index is -2.15. The van der Waals surface area contributed by atoms with Crippen LogP contribution in [0.15, 0.2) is 36.5 Å². The molecule has 0 saturated heterocycles. The average molecular weight is 521 g/mol. The van der Waals surface area contributed by atoms with Gasteiger partial charge in [0.05, 0.1) is 16.9 Å². The lowest BCUT2D eigenvalue weighted by Gasteiger charge is -2.19. The van der Waals surface area contributed by atoms with Crippen LogP contribution in [0.25, 0.3) is 0 Å². The molecule has 2 aromatic heterocycles. The normalized spacial score (nSPS) is 15.3. The molecule has 1 aliphatic rings. The number of thiazole rings is 1. The molecule has 0 aliphatic heterocycles. The summed E-state index contributed by atoms with van der Waals surface area (Å²) in [5.74, 6) is -1.23. The Morgan fingerprint density at radius 1 is 1.32 bits per heavy atom. The van der Waals surface area contributed by atoms with Crippen LogP contribution < -0.4 is 5.32 Å². The summed E-state index contributed by atoms with van der Waals surface area (Å²) in [6.45, 7) is 4.49. The number of carbonyl (C=O) groups excluding carboxylic acids is 1. The first-order valence-corrected chi connectivity index (χ1v) is 12.9. The smallest absolute Gasteiger partial charge is 0.309 e. The maximum absolute atomic E-state index is 13.1. The lowest BCUT2D eigenvalue weighted by atomic mass is 10.1. The quantitative estimate of drug-likeness (QED) is 0.400. The number of carbonyl (C=O) groups is 2. The number of anilines is 1. The van der Waals surface area contributed by atoms with Crippen molar-refractivity contribution < 1.29 is 23.5 Å². The summed E-state index contributed by atoms with van der Waals surface area (Å²) >= 11 is 4.93. The molecule has 0 spiro atoms. The zero-order chi connectivity index (χ0) is 24.6. The van der Waals surface area contributed by atoms with Crippen LogP contribution in [-0.4, -0.2) is 35.3 Å². The first kappa shape index (κ1) is 24.6. The molecule has 1 amide bonds. The predicted octanol–water partition coefficient (Wildman–Crippen LogP) is 4.52. The molecule has 1 saturated carbocycles. The molecular formula is C23H23ClN3O5S2-. The minimum Gasteiger partial charge on any atom is -0.772 e. The van der Waals surface area contributed by atoms with Gasteiger partial charge in [0.1, 0.15) is 10.0 Å². The van der Waals surface area contributed by atoms with Crippen LogP contribution in [-0.2, 0) is 33.6 Å². The highest BCUT2D eigenvalue weighted by atomic mass is 35.5. The summed E-state index contributed by atoms with van der Waals surface area (Å²) < 4.78 is 24.5. The summed E-state index contributed by atoms with van der Waals surface area (Å²) in [5.41, 5.74) is 3.34. The second-order valence-electron chi connectivity index (χ2n) is 8.63. The number of rotatable bonds is 9. The van der Waals surface area contributed by atoms with Gasteiger partial charge in [-0.15, -0.1) is 0 Å².